The SMILES string of the molecule is O=C1CCC(NC(=O)C2CCOC2)CN1. The first kappa shape index (κ1) is 10.4. The first-order chi connectivity index (χ1) is 7.25. The van der Waals surface area contributed by atoms with Gasteiger partial charge in [0.05, 0.1) is 12.5 Å². The average molecular weight is 212 g/mol. The minimum absolute atomic E-state index is 0.00243. The van der Waals surface area contributed by atoms with E-state index in [1.807, 2.05) is 0 Å². The van der Waals surface area contributed by atoms with Gasteiger partial charge < -0.3 is 15.4 Å². The fraction of sp³-hybridized carbons (Fsp3) is 0.800. The molecule has 2 unspecified atom stereocenters. The molecule has 0 bridgehead atoms. The maximum absolute atomic E-state index is 11.7. The van der Waals surface area contributed by atoms with Crippen LogP contribution in [0.25, 0.3) is 0 Å². The number of nitrogens with one attached hydrogen (secondary N) is 2. The standard InChI is InChI=1S/C10H16N2O3/c13-9-2-1-8(5-11-9)12-10(14)7-3-4-15-6-7/h7-8H,1-6H2,(H,11,13)(H,12,14). The highest BCUT2D eigenvalue weighted by atomic mass is 16.5. The second-order valence-corrected chi connectivity index (χ2v) is 4.11. The summed E-state index contributed by atoms with van der Waals surface area (Å²) in [5, 5.41) is 5.69. The average Bonchev–Trinajstić information content (AvgIpc) is 2.74. The van der Waals surface area contributed by atoms with Crippen molar-refractivity contribution < 1.29 is 14.3 Å². The Morgan fingerprint density at radius 2 is 2.33 bits per heavy atom. The van der Waals surface area contributed by atoms with Crippen molar-refractivity contribution in [1.82, 2.24) is 10.6 Å². The lowest BCUT2D eigenvalue weighted by Crippen LogP contribution is -2.49. The largest absolute Gasteiger partial charge is 0.381 e. The van der Waals surface area contributed by atoms with Crippen LogP contribution >= 0.6 is 0 Å². The molecule has 0 saturated carbocycles. The van der Waals surface area contributed by atoms with Gasteiger partial charge in [0.15, 0.2) is 0 Å². The van der Waals surface area contributed by atoms with E-state index in [1.165, 1.54) is 0 Å². The lowest BCUT2D eigenvalue weighted by Gasteiger charge is -2.24. The molecule has 84 valence electrons. The molecule has 0 aliphatic carbocycles. The topological polar surface area (TPSA) is 67.4 Å². The first-order valence-corrected chi connectivity index (χ1v) is 5.40. The van der Waals surface area contributed by atoms with Gasteiger partial charge in [0.1, 0.15) is 0 Å². The van der Waals surface area contributed by atoms with Gasteiger partial charge in [-0.15, -0.1) is 0 Å². The van der Waals surface area contributed by atoms with Crippen LogP contribution in [0.2, 0.25) is 0 Å². The molecule has 15 heavy (non-hydrogen) atoms. The summed E-state index contributed by atoms with van der Waals surface area (Å²) in [4.78, 5) is 22.6. The number of hydrogen-bond donors (Lipinski definition) is 2. The van der Waals surface area contributed by atoms with Gasteiger partial charge in [0, 0.05) is 25.6 Å². The van der Waals surface area contributed by atoms with Crippen molar-refractivity contribution in [3.63, 3.8) is 0 Å². The van der Waals surface area contributed by atoms with E-state index in [2.05, 4.69) is 10.6 Å². The van der Waals surface area contributed by atoms with E-state index in [-0.39, 0.29) is 23.8 Å². The number of carbonyl (C=O) groups is 2. The molecule has 2 rings (SSSR count). The third-order valence-corrected chi connectivity index (χ3v) is 2.91. The Labute approximate surface area is 88.5 Å². The lowest BCUT2D eigenvalue weighted by molar-refractivity contribution is -0.128. The molecule has 2 aliphatic rings. The Morgan fingerprint density at radius 3 is 2.93 bits per heavy atom. The van der Waals surface area contributed by atoms with E-state index >= 15 is 0 Å². The quantitative estimate of drug-likeness (QED) is 0.643. The van der Waals surface area contributed by atoms with Crippen LogP contribution in [0, 0.1) is 5.92 Å². The normalized spacial score (nSPS) is 31.1. The fourth-order valence-corrected chi connectivity index (χ4v) is 1.92. The zero-order valence-electron chi connectivity index (χ0n) is 8.62. The summed E-state index contributed by atoms with van der Waals surface area (Å²) in [7, 11) is 0. The molecule has 2 fully saturated rings. The lowest BCUT2D eigenvalue weighted by atomic mass is 10.0. The van der Waals surface area contributed by atoms with Gasteiger partial charge in [-0.2, -0.15) is 0 Å². The Balaban J connectivity index is 1.76. The highest BCUT2D eigenvalue weighted by Gasteiger charge is 2.26. The summed E-state index contributed by atoms with van der Waals surface area (Å²) in [5.41, 5.74) is 0. The number of ether oxygens (including phenoxy) is 1. The van der Waals surface area contributed by atoms with Gasteiger partial charge in [0.2, 0.25) is 11.8 Å². The van der Waals surface area contributed by atoms with Crippen molar-refractivity contribution in [1.29, 1.82) is 0 Å². The monoisotopic (exact) mass is 212 g/mol. The number of piperidine rings is 1. The Morgan fingerprint density at radius 1 is 1.47 bits per heavy atom. The van der Waals surface area contributed by atoms with Crippen LogP contribution in [-0.4, -0.2) is 37.6 Å². The van der Waals surface area contributed by atoms with Gasteiger partial charge >= 0.3 is 0 Å². The van der Waals surface area contributed by atoms with Gasteiger partial charge in [-0.1, -0.05) is 0 Å². The summed E-state index contributed by atoms with van der Waals surface area (Å²) in [6.45, 7) is 1.77. The van der Waals surface area contributed by atoms with E-state index in [0.717, 1.165) is 12.8 Å². The molecule has 2 atom stereocenters. The predicted octanol–water partition coefficient (Wildman–Crippen LogP) is -0.582. The molecule has 0 aromatic rings. The molecule has 0 spiro atoms. The summed E-state index contributed by atoms with van der Waals surface area (Å²) in [6, 6.07) is 0.0933. The second-order valence-electron chi connectivity index (χ2n) is 4.11. The highest BCUT2D eigenvalue weighted by molar-refractivity contribution is 5.80. The molecule has 2 saturated heterocycles. The fourth-order valence-electron chi connectivity index (χ4n) is 1.92. The number of hydrogen-bond acceptors (Lipinski definition) is 3. The molecule has 0 aromatic carbocycles. The summed E-state index contributed by atoms with van der Waals surface area (Å²) < 4.78 is 5.15. The molecule has 2 amide bonds. The van der Waals surface area contributed by atoms with E-state index in [4.69, 9.17) is 4.74 Å². The van der Waals surface area contributed by atoms with E-state index in [0.29, 0.717) is 26.2 Å². The Bertz CT molecular complexity index is 251. The van der Waals surface area contributed by atoms with Crippen LogP contribution in [0.3, 0.4) is 0 Å². The third-order valence-electron chi connectivity index (χ3n) is 2.91. The van der Waals surface area contributed by atoms with Crippen molar-refractivity contribution in [3.05, 3.63) is 0 Å². The van der Waals surface area contributed by atoms with Gasteiger partial charge in [-0.25, -0.2) is 0 Å². The summed E-state index contributed by atoms with van der Waals surface area (Å²) >= 11 is 0. The highest BCUT2D eigenvalue weighted by Crippen LogP contribution is 2.13. The minimum atomic E-state index is 0.00243. The molecule has 0 aromatic heterocycles. The minimum Gasteiger partial charge on any atom is -0.381 e. The molecule has 0 radical (unpaired) electrons. The molecule has 2 aliphatic heterocycles. The van der Waals surface area contributed by atoms with Crippen LogP contribution < -0.4 is 10.6 Å². The Hall–Kier alpha value is -1.10. The van der Waals surface area contributed by atoms with Crippen LogP contribution in [0.15, 0.2) is 0 Å². The molecule has 5 heteroatoms. The van der Waals surface area contributed by atoms with Crippen molar-refractivity contribution in [2.24, 2.45) is 5.92 Å². The van der Waals surface area contributed by atoms with Crippen molar-refractivity contribution in [3.8, 4) is 0 Å². The van der Waals surface area contributed by atoms with Crippen molar-refractivity contribution in [2.45, 2.75) is 25.3 Å². The van der Waals surface area contributed by atoms with E-state index in [9.17, 15) is 9.59 Å². The number of carbonyl (C=O) groups excluding carboxylic acids is 2. The smallest absolute Gasteiger partial charge is 0.225 e. The molecule has 2 heterocycles. The molecule has 2 N–H and O–H groups in total. The first-order valence-electron chi connectivity index (χ1n) is 5.40. The van der Waals surface area contributed by atoms with Gasteiger partial charge in [-0.05, 0) is 12.8 Å². The zero-order valence-corrected chi connectivity index (χ0v) is 8.62. The maximum atomic E-state index is 11.7. The van der Waals surface area contributed by atoms with E-state index in [1.54, 1.807) is 0 Å². The Kier molecular flexibility index (Phi) is 3.20. The maximum Gasteiger partial charge on any atom is 0.225 e. The summed E-state index contributed by atoms with van der Waals surface area (Å²) in [6.07, 6.45) is 2.06. The molecular weight excluding hydrogens is 196 g/mol. The number of amides is 2. The van der Waals surface area contributed by atoms with Gasteiger partial charge in [0.25, 0.3) is 0 Å². The third kappa shape index (κ3) is 2.68. The van der Waals surface area contributed by atoms with Crippen LogP contribution in [0.5, 0.6) is 0 Å². The van der Waals surface area contributed by atoms with Crippen molar-refractivity contribution in [2.75, 3.05) is 19.8 Å². The van der Waals surface area contributed by atoms with Crippen LogP contribution in [-0.2, 0) is 14.3 Å². The molecular formula is C10H16N2O3. The van der Waals surface area contributed by atoms with Gasteiger partial charge in [-0.3, -0.25) is 9.59 Å². The van der Waals surface area contributed by atoms with E-state index < -0.39 is 0 Å². The zero-order chi connectivity index (χ0) is 10.7. The predicted molar refractivity (Wildman–Crippen MR) is 53.1 cm³/mol. The van der Waals surface area contributed by atoms with Crippen molar-refractivity contribution >= 4 is 11.8 Å². The summed E-state index contributed by atoms with van der Waals surface area (Å²) in [5.74, 6) is 0.140. The molecule has 5 nitrogen and oxygen atoms in total. The van der Waals surface area contributed by atoms with Crippen LogP contribution in [0.1, 0.15) is 19.3 Å². The number of rotatable bonds is 2. The second kappa shape index (κ2) is 4.61. The van der Waals surface area contributed by atoms with Crippen LogP contribution in [0.4, 0.5) is 0 Å².